The van der Waals surface area contributed by atoms with E-state index in [1.54, 1.807) is 31.1 Å². The molecule has 0 saturated heterocycles. The molecule has 9 heteroatoms. The van der Waals surface area contributed by atoms with Gasteiger partial charge >= 0.3 is 0 Å². The van der Waals surface area contributed by atoms with Crippen molar-refractivity contribution < 1.29 is 13.3 Å². The van der Waals surface area contributed by atoms with Crippen LogP contribution >= 0.6 is 11.6 Å². The summed E-state index contributed by atoms with van der Waals surface area (Å²) in [6, 6.07) is 9.48. The SMILES string of the molecule is CN(C)c1ccc(Cl)cc1NS(=O)(=O)c1ccc([N+](=O)[O-])cc1. The van der Waals surface area contributed by atoms with Crippen LogP contribution in [0, 0.1) is 10.1 Å². The summed E-state index contributed by atoms with van der Waals surface area (Å²) in [6.45, 7) is 0. The van der Waals surface area contributed by atoms with Gasteiger partial charge in [0.15, 0.2) is 0 Å². The van der Waals surface area contributed by atoms with Crippen LogP contribution in [0.4, 0.5) is 17.1 Å². The maximum atomic E-state index is 12.4. The van der Waals surface area contributed by atoms with Crippen molar-refractivity contribution in [3.05, 3.63) is 57.6 Å². The normalized spacial score (nSPS) is 11.1. The van der Waals surface area contributed by atoms with Gasteiger partial charge in [0, 0.05) is 31.3 Å². The molecule has 0 saturated carbocycles. The first-order chi connectivity index (χ1) is 10.7. The van der Waals surface area contributed by atoms with Gasteiger partial charge in [0.05, 0.1) is 21.2 Å². The molecular weight excluding hydrogens is 342 g/mol. The summed E-state index contributed by atoms with van der Waals surface area (Å²) < 4.78 is 27.3. The molecule has 23 heavy (non-hydrogen) atoms. The highest BCUT2D eigenvalue weighted by atomic mass is 35.5. The second-order valence-electron chi connectivity index (χ2n) is 4.91. The molecule has 2 aromatic rings. The summed E-state index contributed by atoms with van der Waals surface area (Å²) in [4.78, 5) is 11.7. The molecule has 0 heterocycles. The van der Waals surface area contributed by atoms with Crippen molar-refractivity contribution in [2.75, 3.05) is 23.7 Å². The number of rotatable bonds is 5. The molecule has 0 aliphatic carbocycles. The van der Waals surface area contributed by atoms with Crippen molar-refractivity contribution in [2.45, 2.75) is 4.90 Å². The topological polar surface area (TPSA) is 92.6 Å². The molecule has 0 bridgehead atoms. The fourth-order valence-electron chi connectivity index (χ4n) is 1.93. The zero-order chi connectivity index (χ0) is 17.2. The molecule has 0 aliphatic heterocycles. The summed E-state index contributed by atoms with van der Waals surface area (Å²) in [5.41, 5.74) is 0.779. The Balaban J connectivity index is 2.38. The minimum Gasteiger partial charge on any atom is -0.376 e. The molecule has 0 unspecified atom stereocenters. The number of hydrogen-bond acceptors (Lipinski definition) is 5. The lowest BCUT2D eigenvalue weighted by Gasteiger charge is -2.18. The maximum Gasteiger partial charge on any atom is 0.269 e. The molecule has 1 N–H and O–H groups in total. The Hall–Kier alpha value is -2.32. The van der Waals surface area contributed by atoms with E-state index >= 15 is 0 Å². The molecule has 0 fully saturated rings. The Labute approximate surface area is 138 Å². The number of nitrogens with zero attached hydrogens (tertiary/aromatic N) is 2. The van der Waals surface area contributed by atoms with Gasteiger partial charge in [-0.1, -0.05) is 11.6 Å². The van der Waals surface area contributed by atoms with Gasteiger partial charge in [-0.25, -0.2) is 8.42 Å². The second-order valence-corrected chi connectivity index (χ2v) is 7.03. The van der Waals surface area contributed by atoms with Gasteiger partial charge < -0.3 is 4.90 Å². The van der Waals surface area contributed by atoms with Crippen LogP contribution in [-0.4, -0.2) is 27.4 Å². The van der Waals surface area contributed by atoms with Gasteiger partial charge in [-0.3, -0.25) is 14.8 Å². The third-order valence-corrected chi connectivity index (χ3v) is 4.66. The Kier molecular flexibility index (Phi) is 4.76. The van der Waals surface area contributed by atoms with Crippen LogP contribution in [0.5, 0.6) is 0 Å². The molecular formula is C14H14ClN3O4S. The average Bonchev–Trinajstić information content (AvgIpc) is 2.46. The number of hydrogen-bond donors (Lipinski definition) is 1. The summed E-state index contributed by atoms with van der Waals surface area (Å²) in [7, 11) is -0.345. The van der Waals surface area contributed by atoms with Gasteiger partial charge in [-0.2, -0.15) is 0 Å². The van der Waals surface area contributed by atoms with E-state index in [4.69, 9.17) is 11.6 Å². The number of halogens is 1. The number of sulfonamides is 1. The minimum absolute atomic E-state index is 0.0761. The quantitative estimate of drug-likeness (QED) is 0.657. The van der Waals surface area contributed by atoms with E-state index in [9.17, 15) is 18.5 Å². The van der Waals surface area contributed by atoms with Crippen molar-refractivity contribution >= 4 is 38.7 Å². The highest BCUT2D eigenvalue weighted by Crippen LogP contribution is 2.30. The van der Waals surface area contributed by atoms with Crippen LogP contribution < -0.4 is 9.62 Å². The first-order valence-electron chi connectivity index (χ1n) is 6.45. The highest BCUT2D eigenvalue weighted by Gasteiger charge is 2.18. The number of nitrogens with one attached hydrogen (secondary N) is 1. The number of benzene rings is 2. The standard InChI is InChI=1S/C14H14ClN3O4S/c1-17(2)14-8-3-10(15)9-13(14)16-23(21,22)12-6-4-11(5-7-12)18(19)20/h3-9,16H,1-2H3. The predicted octanol–water partition coefficient (Wildman–Crippen LogP) is 3.12. The minimum atomic E-state index is -3.89. The molecule has 0 atom stereocenters. The third-order valence-electron chi connectivity index (χ3n) is 3.04. The Bertz CT molecular complexity index is 836. The van der Waals surface area contributed by atoms with Crippen LogP contribution in [-0.2, 0) is 10.0 Å². The van der Waals surface area contributed by atoms with Gasteiger partial charge in [-0.15, -0.1) is 0 Å². The van der Waals surface area contributed by atoms with E-state index in [1.807, 2.05) is 0 Å². The number of anilines is 2. The van der Waals surface area contributed by atoms with E-state index in [-0.39, 0.29) is 10.6 Å². The predicted molar refractivity (Wildman–Crippen MR) is 89.7 cm³/mol. The molecule has 0 amide bonds. The number of non-ortho nitro benzene ring substituents is 1. The second kappa shape index (κ2) is 6.43. The molecule has 7 nitrogen and oxygen atoms in total. The van der Waals surface area contributed by atoms with Crippen LogP contribution in [0.3, 0.4) is 0 Å². The molecule has 2 rings (SSSR count). The largest absolute Gasteiger partial charge is 0.376 e. The Morgan fingerprint density at radius 2 is 1.74 bits per heavy atom. The molecule has 0 spiro atoms. The summed E-state index contributed by atoms with van der Waals surface area (Å²) in [6.07, 6.45) is 0. The first-order valence-corrected chi connectivity index (χ1v) is 8.31. The van der Waals surface area contributed by atoms with Crippen LogP contribution in [0.1, 0.15) is 0 Å². The molecule has 0 aromatic heterocycles. The lowest BCUT2D eigenvalue weighted by Crippen LogP contribution is -2.17. The number of nitro benzene ring substituents is 1. The van der Waals surface area contributed by atoms with Gasteiger partial charge in [0.1, 0.15) is 0 Å². The zero-order valence-corrected chi connectivity index (χ0v) is 13.9. The van der Waals surface area contributed by atoms with Crippen molar-refractivity contribution in [3.8, 4) is 0 Å². The number of nitro groups is 1. The monoisotopic (exact) mass is 355 g/mol. The Morgan fingerprint density at radius 1 is 1.13 bits per heavy atom. The molecule has 122 valence electrons. The van der Waals surface area contributed by atoms with Crippen molar-refractivity contribution in [1.29, 1.82) is 0 Å². The first kappa shape index (κ1) is 17.0. The lowest BCUT2D eigenvalue weighted by atomic mass is 10.2. The zero-order valence-electron chi connectivity index (χ0n) is 12.4. The van der Waals surface area contributed by atoms with Crippen LogP contribution in [0.15, 0.2) is 47.4 Å². The van der Waals surface area contributed by atoms with E-state index in [1.165, 1.54) is 18.2 Å². The van der Waals surface area contributed by atoms with Crippen molar-refractivity contribution in [1.82, 2.24) is 0 Å². The summed E-state index contributed by atoms with van der Waals surface area (Å²) in [5, 5.41) is 11.0. The van der Waals surface area contributed by atoms with E-state index in [0.717, 1.165) is 12.1 Å². The Morgan fingerprint density at radius 3 is 2.26 bits per heavy atom. The smallest absolute Gasteiger partial charge is 0.269 e. The van der Waals surface area contributed by atoms with Crippen molar-refractivity contribution in [3.63, 3.8) is 0 Å². The summed E-state index contributed by atoms with van der Waals surface area (Å²) >= 11 is 5.92. The van der Waals surface area contributed by atoms with Crippen molar-refractivity contribution in [2.24, 2.45) is 0 Å². The summed E-state index contributed by atoms with van der Waals surface area (Å²) in [5.74, 6) is 0. The van der Waals surface area contributed by atoms with Gasteiger partial charge in [0.25, 0.3) is 15.7 Å². The van der Waals surface area contributed by atoms with Gasteiger partial charge in [0.2, 0.25) is 0 Å². The average molecular weight is 356 g/mol. The highest BCUT2D eigenvalue weighted by molar-refractivity contribution is 7.92. The maximum absolute atomic E-state index is 12.4. The molecule has 2 aromatic carbocycles. The fraction of sp³-hybridized carbons (Fsp3) is 0.143. The van der Waals surface area contributed by atoms with E-state index in [0.29, 0.717) is 16.4 Å². The van der Waals surface area contributed by atoms with Crippen LogP contribution in [0.25, 0.3) is 0 Å². The van der Waals surface area contributed by atoms with E-state index in [2.05, 4.69) is 4.72 Å². The van der Waals surface area contributed by atoms with E-state index < -0.39 is 14.9 Å². The van der Waals surface area contributed by atoms with Gasteiger partial charge in [-0.05, 0) is 30.3 Å². The fourth-order valence-corrected chi connectivity index (χ4v) is 3.17. The van der Waals surface area contributed by atoms with Crippen LogP contribution in [0.2, 0.25) is 5.02 Å². The third kappa shape index (κ3) is 3.91. The molecule has 0 radical (unpaired) electrons. The lowest BCUT2D eigenvalue weighted by molar-refractivity contribution is -0.384. The molecule has 0 aliphatic rings.